The minimum Gasteiger partial charge on any atom is -0.469 e. The molecule has 3 aliphatic rings. The van der Waals surface area contributed by atoms with E-state index in [0.717, 1.165) is 32.2 Å². The summed E-state index contributed by atoms with van der Waals surface area (Å²) >= 11 is 0. The monoisotopic (exact) mass is 474 g/mol. The first-order chi connectivity index (χ1) is 17.1. The van der Waals surface area contributed by atoms with Gasteiger partial charge < -0.3 is 9.64 Å². The predicted octanol–water partition coefficient (Wildman–Crippen LogP) is 5.37. The van der Waals surface area contributed by atoms with Crippen molar-refractivity contribution in [3.63, 3.8) is 0 Å². The van der Waals surface area contributed by atoms with Gasteiger partial charge in [-0.3, -0.25) is 9.69 Å². The Bertz CT molecular complexity index is 973. The van der Waals surface area contributed by atoms with Crippen LogP contribution in [0.3, 0.4) is 0 Å². The van der Waals surface area contributed by atoms with Crippen LogP contribution in [0.25, 0.3) is 0 Å². The summed E-state index contributed by atoms with van der Waals surface area (Å²) in [4.78, 5) is 17.3. The minimum absolute atomic E-state index is 0.0119. The number of fused-ring (bicyclic) bond motifs is 2. The Labute approximate surface area is 211 Å². The molecule has 188 valence electrons. The second-order valence-corrected chi connectivity index (χ2v) is 11.1. The zero-order valence-corrected chi connectivity index (χ0v) is 21.5. The number of methoxy groups -OCH3 is 1. The number of rotatable bonds is 8. The lowest BCUT2D eigenvalue weighted by molar-refractivity contribution is -0.147. The quantitative estimate of drug-likeness (QED) is 0.380. The maximum atomic E-state index is 12.0. The number of nitrogens with zero attached hydrogens (tertiary/aromatic N) is 2. The molecule has 0 atom stereocenters. The van der Waals surface area contributed by atoms with Crippen LogP contribution in [0.5, 0.6) is 0 Å². The van der Waals surface area contributed by atoms with E-state index in [2.05, 4.69) is 58.3 Å². The number of ether oxygens (including phenoxy) is 1. The fraction of sp³-hybridized carbons (Fsp3) is 0.581. The van der Waals surface area contributed by atoms with Crippen LogP contribution < -0.4 is 0 Å². The van der Waals surface area contributed by atoms with E-state index < -0.39 is 0 Å². The van der Waals surface area contributed by atoms with Crippen LogP contribution >= 0.6 is 0 Å². The van der Waals surface area contributed by atoms with Gasteiger partial charge in [-0.05, 0) is 92.0 Å². The lowest BCUT2D eigenvalue weighted by Crippen LogP contribution is -2.46. The average molecular weight is 475 g/mol. The van der Waals surface area contributed by atoms with Crippen molar-refractivity contribution in [2.45, 2.75) is 69.7 Å². The van der Waals surface area contributed by atoms with Crippen molar-refractivity contribution in [1.29, 1.82) is 0 Å². The Hall–Kier alpha value is -2.17. The third-order valence-corrected chi connectivity index (χ3v) is 9.00. The number of hydrogen-bond donors (Lipinski definition) is 0. The molecule has 4 nitrogen and oxygen atoms in total. The van der Waals surface area contributed by atoms with Gasteiger partial charge in [0, 0.05) is 32.7 Å². The largest absolute Gasteiger partial charge is 0.469 e. The van der Waals surface area contributed by atoms with Crippen LogP contribution in [0.15, 0.2) is 48.5 Å². The van der Waals surface area contributed by atoms with Crippen molar-refractivity contribution in [2.24, 2.45) is 5.92 Å². The number of esters is 1. The molecule has 1 aliphatic heterocycles. The van der Waals surface area contributed by atoms with Gasteiger partial charge in [0.1, 0.15) is 0 Å². The lowest BCUT2D eigenvalue weighted by atomic mass is 9.67. The van der Waals surface area contributed by atoms with Gasteiger partial charge in [0.2, 0.25) is 0 Å². The predicted molar refractivity (Wildman–Crippen MR) is 142 cm³/mol. The summed E-state index contributed by atoms with van der Waals surface area (Å²) < 4.78 is 5.02. The second-order valence-electron chi connectivity index (χ2n) is 11.1. The highest BCUT2D eigenvalue weighted by molar-refractivity contribution is 5.72. The Kier molecular flexibility index (Phi) is 7.89. The first kappa shape index (κ1) is 24.5. The van der Waals surface area contributed by atoms with Crippen LogP contribution in [0, 0.1) is 5.92 Å². The average Bonchev–Trinajstić information content (AvgIpc) is 3.25. The van der Waals surface area contributed by atoms with Crippen molar-refractivity contribution in [3.05, 3.63) is 70.8 Å². The number of unbranched alkanes of at least 4 members (excludes halogenated alkanes) is 1. The Morgan fingerprint density at radius 1 is 0.914 bits per heavy atom. The Morgan fingerprint density at radius 3 is 2.40 bits per heavy atom. The van der Waals surface area contributed by atoms with Crippen LogP contribution in [0.4, 0.5) is 0 Å². The highest BCUT2D eigenvalue weighted by atomic mass is 16.5. The maximum absolute atomic E-state index is 12.0. The Balaban J connectivity index is 1.09. The van der Waals surface area contributed by atoms with Gasteiger partial charge >= 0.3 is 5.97 Å². The standard InChI is InChI=1S/C31H42N2O2/c1-35-30(34)28-13-16-31(17-14-28)15-12-27-11-10-26(23-29(27)31)24-33-21-19-32(20-22-33)18-6-5-9-25-7-3-2-4-8-25/h2-4,7-8,10-11,23,28H,5-6,9,12-22,24H2,1H3. The highest BCUT2D eigenvalue weighted by Gasteiger charge is 2.43. The molecule has 0 radical (unpaired) electrons. The third kappa shape index (κ3) is 5.81. The maximum Gasteiger partial charge on any atom is 0.308 e. The van der Waals surface area contributed by atoms with Gasteiger partial charge in [-0.25, -0.2) is 0 Å². The molecule has 35 heavy (non-hydrogen) atoms. The van der Waals surface area contributed by atoms with E-state index in [1.165, 1.54) is 83.1 Å². The van der Waals surface area contributed by atoms with Crippen LogP contribution in [0.1, 0.15) is 67.2 Å². The molecule has 0 aromatic heterocycles. The van der Waals surface area contributed by atoms with Gasteiger partial charge in [0.05, 0.1) is 13.0 Å². The first-order valence-electron chi connectivity index (χ1n) is 13.8. The number of hydrogen-bond acceptors (Lipinski definition) is 4. The summed E-state index contributed by atoms with van der Waals surface area (Å²) in [6, 6.07) is 18.2. The SMILES string of the molecule is COC(=O)C1CCC2(CCc3ccc(CN4CCN(CCCCc5ccccc5)CC4)cc32)CC1. The highest BCUT2D eigenvalue weighted by Crippen LogP contribution is 2.50. The molecule has 2 fully saturated rings. The van der Waals surface area contributed by atoms with E-state index in [-0.39, 0.29) is 11.9 Å². The molecule has 2 aromatic rings. The zero-order chi connectivity index (χ0) is 24.1. The summed E-state index contributed by atoms with van der Waals surface area (Å²) in [5.74, 6) is 0.0923. The number of piperazine rings is 1. The molecule has 2 aliphatic carbocycles. The third-order valence-electron chi connectivity index (χ3n) is 9.00. The molecule has 1 spiro atoms. The van der Waals surface area contributed by atoms with Crippen molar-refractivity contribution in [1.82, 2.24) is 9.80 Å². The van der Waals surface area contributed by atoms with Crippen molar-refractivity contribution in [2.75, 3.05) is 39.8 Å². The van der Waals surface area contributed by atoms with Crippen LogP contribution in [0.2, 0.25) is 0 Å². The fourth-order valence-corrected chi connectivity index (χ4v) is 6.77. The molecular weight excluding hydrogens is 432 g/mol. The van der Waals surface area contributed by atoms with E-state index in [9.17, 15) is 4.79 Å². The number of aryl methyl sites for hydroxylation is 2. The topological polar surface area (TPSA) is 32.8 Å². The van der Waals surface area contributed by atoms with Crippen molar-refractivity contribution < 1.29 is 9.53 Å². The van der Waals surface area contributed by atoms with Gasteiger partial charge in [0.15, 0.2) is 0 Å². The van der Waals surface area contributed by atoms with Crippen molar-refractivity contribution in [3.8, 4) is 0 Å². The molecule has 0 bridgehead atoms. The van der Waals surface area contributed by atoms with E-state index in [1.807, 2.05) is 0 Å². The zero-order valence-electron chi connectivity index (χ0n) is 21.5. The smallest absolute Gasteiger partial charge is 0.308 e. The Morgan fingerprint density at radius 2 is 1.66 bits per heavy atom. The number of carbonyl (C=O) groups excluding carboxylic acids is 1. The molecule has 0 unspecified atom stereocenters. The summed E-state index contributed by atoms with van der Waals surface area (Å²) in [5.41, 5.74) is 6.37. The van der Waals surface area contributed by atoms with Gasteiger partial charge in [-0.15, -0.1) is 0 Å². The lowest BCUT2D eigenvalue weighted by Gasteiger charge is -2.38. The summed E-state index contributed by atoms with van der Waals surface area (Å²) in [6.07, 6.45) is 10.4. The van der Waals surface area contributed by atoms with Gasteiger partial charge in [0.25, 0.3) is 0 Å². The van der Waals surface area contributed by atoms with E-state index >= 15 is 0 Å². The molecule has 1 heterocycles. The fourth-order valence-electron chi connectivity index (χ4n) is 6.77. The molecule has 4 heteroatoms. The van der Waals surface area contributed by atoms with E-state index in [4.69, 9.17) is 4.74 Å². The van der Waals surface area contributed by atoms with Crippen LogP contribution in [-0.4, -0.2) is 55.6 Å². The molecule has 0 amide bonds. The normalized spacial score (nSPS) is 25.0. The molecule has 1 saturated heterocycles. The molecule has 1 saturated carbocycles. The first-order valence-corrected chi connectivity index (χ1v) is 13.8. The summed E-state index contributed by atoms with van der Waals surface area (Å²) in [7, 11) is 1.52. The van der Waals surface area contributed by atoms with E-state index in [1.54, 1.807) is 11.1 Å². The van der Waals surface area contributed by atoms with Crippen LogP contribution in [-0.2, 0) is 34.3 Å². The van der Waals surface area contributed by atoms with Gasteiger partial charge in [-0.1, -0.05) is 48.5 Å². The molecular formula is C31H42N2O2. The minimum atomic E-state index is -0.0119. The van der Waals surface area contributed by atoms with Gasteiger partial charge in [-0.2, -0.15) is 0 Å². The van der Waals surface area contributed by atoms with Crippen molar-refractivity contribution >= 4 is 5.97 Å². The summed E-state index contributed by atoms with van der Waals surface area (Å²) in [6.45, 7) is 7.01. The number of carbonyl (C=O) groups is 1. The molecule has 0 N–H and O–H groups in total. The molecule has 5 rings (SSSR count). The number of benzene rings is 2. The van der Waals surface area contributed by atoms with E-state index in [0.29, 0.717) is 5.41 Å². The summed E-state index contributed by atoms with van der Waals surface area (Å²) in [5, 5.41) is 0. The molecule has 2 aromatic carbocycles. The second kappa shape index (κ2) is 11.3.